The predicted molar refractivity (Wildman–Crippen MR) is 67.9 cm³/mol. The van der Waals surface area contributed by atoms with Gasteiger partial charge in [0.05, 0.1) is 6.04 Å². The molecule has 2 heterocycles. The van der Waals surface area contributed by atoms with Crippen LogP contribution < -0.4 is 10.6 Å². The van der Waals surface area contributed by atoms with Crippen molar-refractivity contribution in [3.8, 4) is 0 Å². The first-order chi connectivity index (χ1) is 8.08. The Morgan fingerprint density at radius 2 is 1.94 bits per heavy atom. The third kappa shape index (κ3) is 2.97. The molecule has 2 saturated heterocycles. The molecule has 0 spiro atoms. The van der Waals surface area contributed by atoms with Gasteiger partial charge in [0.15, 0.2) is 0 Å². The molecule has 0 aliphatic carbocycles. The summed E-state index contributed by atoms with van der Waals surface area (Å²) in [7, 11) is 2.12. The predicted octanol–water partition coefficient (Wildman–Crippen LogP) is -0.901. The monoisotopic (exact) mass is 240 g/mol. The van der Waals surface area contributed by atoms with Crippen LogP contribution in [0.1, 0.15) is 13.8 Å². The smallest absolute Gasteiger partial charge is 0.241 e. The average molecular weight is 240 g/mol. The van der Waals surface area contributed by atoms with Crippen molar-refractivity contribution in [2.24, 2.45) is 0 Å². The molecule has 0 bridgehead atoms. The highest BCUT2D eigenvalue weighted by atomic mass is 16.2. The first-order valence-corrected chi connectivity index (χ1v) is 6.53. The van der Waals surface area contributed by atoms with Crippen molar-refractivity contribution in [2.45, 2.75) is 32.0 Å². The molecule has 0 saturated carbocycles. The zero-order chi connectivity index (χ0) is 12.4. The van der Waals surface area contributed by atoms with E-state index >= 15 is 0 Å². The number of likely N-dealkylation sites (N-methyl/N-ethyl adjacent to an activating group) is 1. The topological polar surface area (TPSA) is 47.6 Å². The fourth-order valence-electron chi connectivity index (χ4n) is 2.43. The van der Waals surface area contributed by atoms with E-state index in [1.54, 1.807) is 0 Å². The normalized spacial score (nSPS) is 35.9. The highest BCUT2D eigenvalue weighted by Crippen LogP contribution is 2.09. The molecule has 5 heteroatoms. The van der Waals surface area contributed by atoms with Crippen LogP contribution in [-0.4, -0.2) is 73.6 Å². The van der Waals surface area contributed by atoms with Gasteiger partial charge in [-0.25, -0.2) is 0 Å². The van der Waals surface area contributed by atoms with Gasteiger partial charge in [-0.3, -0.25) is 4.79 Å². The first-order valence-electron chi connectivity index (χ1n) is 6.53. The molecular formula is C12H24N4O. The Hall–Kier alpha value is -0.650. The number of hydrogen-bond donors (Lipinski definition) is 2. The molecule has 3 unspecified atom stereocenters. The van der Waals surface area contributed by atoms with Gasteiger partial charge in [0.1, 0.15) is 0 Å². The van der Waals surface area contributed by atoms with Crippen molar-refractivity contribution in [3.63, 3.8) is 0 Å². The number of nitrogens with one attached hydrogen (secondary N) is 2. The highest BCUT2D eigenvalue weighted by molar-refractivity contribution is 5.82. The number of carbonyl (C=O) groups excluding carboxylic acids is 1. The molecule has 0 aromatic rings. The van der Waals surface area contributed by atoms with Gasteiger partial charge in [-0.05, 0) is 20.9 Å². The maximum atomic E-state index is 12.3. The first kappa shape index (κ1) is 12.8. The van der Waals surface area contributed by atoms with Gasteiger partial charge in [-0.2, -0.15) is 0 Å². The average Bonchev–Trinajstić information content (AvgIpc) is 2.33. The molecular weight excluding hydrogens is 216 g/mol. The van der Waals surface area contributed by atoms with Gasteiger partial charge in [-0.1, -0.05) is 0 Å². The molecule has 2 rings (SSSR count). The van der Waals surface area contributed by atoms with E-state index < -0.39 is 0 Å². The van der Waals surface area contributed by atoms with Crippen molar-refractivity contribution < 1.29 is 4.79 Å². The molecule has 1 amide bonds. The number of amides is 1. The summed E-state index contributed by atoms with van der Waals surface area (Å²) < 4.78 is 0. The molecule has 0 radical (unpaired) electrons. The van der Waals surface area contributed by atoms with E-state index in [0.717, 1.165) is 32.7 Å². The van der Waals surface area contributed by atoms with Crippen LogP contribution in [0.5, 0.6) is 0 Å². The van der Waals surface area contributed by atoms with E-state index in [9.17, 15) is 4.79 Å². The second kappa shape index (κ2) is 5.33. The fourth-order valence-corrected chi connectivity index (χ4v) is 2.43. The van der Waals surface area contributed by atoms with Crippen molar-refractivity contribution in [2.75, 3.05) is 39.8 Å². The maximum Gasteiger partial charge on any atom is 0.241 e. The molecule has 2 aliphatic rings. The SMILES string of the molecule is CC1CNC(C(=O)N2CCN(C)C(C)C2)CN1. The Kier molecular flexibility index (Phi) is 4.01. The van der Waals surface area contributed by atoms with Gasteiger partial charge < -0.3 is 20.4 Å². The number of rotatable bonds is 1. The van der Waals surface area contributed by atoms with Crippen LogP contribution in [0.3, 0.4) is 0 Å². The lowest BCUT2D eigenvalue weighted by molar-refractivity contribution is -0.136. The molecule has 2 fully saturated rings. The van der Waals surface area contributed by atoms with Crippen LogP contribution in [0.25, 0.3) is 0 Å². The second-order valence-corrected chi connectivity index (χ2v) is 5.38. The minimum atomic E-state index is -0.0400. The van der Waals surface area contributed by atoms with Crippen molar-refractivity contribution >= 4 is 5.91 Å². The number of carbonyl (C=O) groups is 1. The van der Waals surface area contributed by atoms with Crippen molar-refractivity contribution in [1.82, 2.24) is 20.4 Å². The van der Waals surface area contributed by atoms with Crippen LogP contribution in [0.2, 0.25) is 0 Å². The van der Waals surface area contributed by atoms with E-state index in [0.29, 0.717) is 12.1 Å². The molecule has 98 valence electrons. The summed E-state index contributed by atoms with van der Waals surface area (Å²) in [6.45, 7) is 8.61. The summed E-state index contributed by atoms with van der Waals surface area (Å²) in [4.78, 5) is 16.6. The van der Waals surface area contributed by atoms with Crippen LogP contribution in [-0.2, 0) is 4.79 Å². The van der Waals surface area contributed by atoms with Crippen LogP contribution in [0, 0.1) is 0 Å². The third-order valence-electron chi connectivity index (χ3n) is 3.91. The minimum Gasteiger partial charge on any atom is -0.338 e. The van der Waals surface area contributed by atoms with Gasteiger partial charge in [0, 0.05) is 44.8 Å². The number of hydrogen-bond acceptors (Lipinski definition) is 4. The Balaban J connectivity index is 1.87. The standard InChI is InChI=1S/C12H24N4O/c1-9-6-14-11(7-13-9)12(17)16-5-4-15(3)10(2)8-16/h9-11,13-14H,4-8H2,1-3H3. The van der Waals surface area contributed by atoms with Gasteiger partial charge in [-0.15, -0.1) is 0 Å². The highest BCUT2D eigenvalue weighted by Gasteiger charge is 2.30. The molecule has 0 aromatic heterocycles. The summed E-state index contributed by atoms with van der Waals surface area (Å²) >= 11 is 0. The summed E-state index contributed by atoms with van der Waals surface area (Å²) in [5.74, 6) is 0.254. The van der Waals surface area contributed by atoms with Crippen LogP contribution in [0.4, 0.5) is 0 Å². The van der Waals surface area contributed by atoms with Gasteiger partial charge in [0.2, 0.25) is 5.91 Å². The zero-order valence-corrected chi connectivity index (χ0v) is 11.1. The van der Waals surface area contributed by atoms with Gasteiger partial charge in [0.25, 0.3) is 0 Å². The Morgan fingerprint density at radius 3 is 2.53 bits per heavy atom. The molecule has 0 aromatic carbocycles. The molecule has 2 N–H and O–H groups in total. The maximum absolute atomic E-state index is 12.3. The third-order valence-corrected chi connectivity index (χ3v) is 3.91. The van der Waals surface area contributed by atoms with E-state index in [4.69, 9.17) is 0 Å². The zero-order valence-electron chi connectivity index (χ0n) is 11.1. The number of nitrogens with zero attached hydrogens (tertiary/aromatic N) is 2. The second-order valence-electron chi connectivity index (χ2n) is 5.38. The molecule has 3 atom stereocenters. The van der Waals surface area contributed by atoms with Crippen molar-refractivity contribution in [3.05, 3.63) is 0 Å². The van der Waals surface area contributed by atoms with E-state index in [1.165, 1.54) is 0 Å². The quantitative estimate of drug-likeness (QED) is 0.623. The van der Waals surface area contributed by atoms with E-state index in [-0.39, 0.29) is 11.9 Å². The van der Waals surface area contributed by atoms with E-state index in [1.807, 2.05) is 4.90 Å². The van der Waals surface area contributed by atoms with E-state index in [2.05, 4.69) is 36.4 Å². The lowest BCUT2D eigenvalue weighted by atomic mass is 10.1. The van der Waals surface area contributed by atoms with Crippen LogP contribution >= 0.6 is 0 Å². The Bertz CT molecular complexity index is 276. The van der Waals surface area contributed by atoms with Gasteiger partial charge >= 0.3 is 0 Å². The molecule has 5 nitrogen and oxygen atoms in total. The lowest BCUT2D eigenvalue weighted by Gasteiger charge is -2.40. The minimum absolute atomic E-state index is 0.0400. The Labute approximate surface area is 104 Å². The molecule has 2 aliphatic heterocycles. The fraction of sp³-hybridized carbons (Fsp3) is 0.917. The summed E-state index contributed by atoms with van der Waals surface area (Å²) in [6, 6.07) is 0.885. The largest absolute Gasteiger partial charge is 0.338 e. The van der Waals surface area contributed by atoms with Crippen LogP contribution in [0.15, 0.2) is 0 Å². The lowest BCUT2D eigenvalue weighted by Crippen LogP contribution is -2.62. The summed E-state index contributed by atoms with van der Waals surface area (Å²) in [6.07, 6.45) is 0. The summed E-state index contributed by atoms with van der Waals surface area (Å²) in [5.41, 5.74) is 0. The molecule has 17 heavy (non-hydrogen) atoms. The van der Waals surface area contributed by atoms with Crippen molar-refractivity contribution in [1.29, 1.82) is 0 Å². The Morgan fingerprint density at radius 1 is 1.18 bits per heavy atom. The number of piperazine rings is 2. The summed E-state index contributed by atoms with van der Waals surface area (Å²) in [5, 5.41) is 6.68.